The van der Waals surface area contributed by atoms with Gasteiger partial charge in [-0.1, -0.05) is 30.3 Å². The minimum atomic E-state index is -1.37. The number of aliphatic hydroxyl groups excluding tert-OH is 1. The van der Waals surface area contributed by atoms with Crippen molar-refractivity contribution in [3.8, 4) is 0 Å². The van der Waals surface area contributed by atoms with Gasteiger partial charge in [0.1, 0.15) is 5.75 Å². The van der Waals surface area contributed by atoms with Crippen molar-refractivity contribution in [1.29, 1.82) is 0 Å². The topological polar surface area (TPSA) is 66.4 Å². The van der Waals surface area contributed by atoms with Gasteiger partial charge in [-0.15, -0.1) is 0 Å². The van der Waals surface area contributed by atoms with Crippen LogP contribution in [0.4, 0.5) is 0 Å². The molecule has 2 rings (SSSR count). The Bertz CT molecular complexity index is 612. The number of carbonyl (C=O) groups excluding carboxylic acids is 1. The smallest absolute Gasteiger partial charge is 0.233 e. The van der Waals surface area contributed by atoms with Gasteiger partial charge < -0.3 is 10.4 Å². The molecule has 0 aliphatic rings. The lowest BCUT2D eigenvalue weighted by Gasteiger charge is -2.05. The molecule has 0 unspecified atom stereocenters. The molecule has 19 heavy (non-hydrogen) atoms. The molecule has 0 bridgehead atoms. The Hall–Kier alpha value is -1.72. The number of carbonyl (C=O) groups is 1. The summed E-state index contributed by atoms with van der Waals surface area (Å²) in [6.07, 6.45) is 0. The highest BCUT2D eigenvalue weighted by atomic mass is 32.2. The summed E-state index contributed by atoms with van der Waals surface area (Å²) in [4.78, 5) is 12.1. The lowest BCUT2D eigenvalue weighted by Crippen LogP contribution is -2.30. The third-order valence-corrected chi connectivity index (χ3v) is 3.98. The summed E-state index contributed by atoms with van der Waals surface area (Å²) in [6.45, 7) is 0.0715. The van der Waals surface area contributed by atoms with Crippen molar-refractivity contribution in [3.63, 3.8) is 0 Å². The Kier molecular flexibility index (Phi) is 4.65. The number of hydrogen-bond donors (Lipinski definition) is 2. The predicted molar refractivity (Wildman–Crippen MR) is 75.3 cm³/mol. The Morgan fingerprint density at radius 3 is 2.63 bits per heavy atom. The zero-order valence-electron chi connectivity index (χ0n) is 10.3. The van der Waals surface area contributed by atoms with Crippen LogP contribution in [0.25, 0.3) is 10.8 Å². The summed E-state index contributed by atoms with van der Waals surface area (Å²) >= 11 is 0. The first-order valence-corrected chi connectivity index (χ1v) is 7.27. The fourth-order valence-electron chi connectivity index (χ4n) is 1.76. The van der Waals surface area contributed by atoms with E-state index in [9.17, 15) is 9.00 Å². The highest BCUT2D eigenvalue weighted by molar-refractivity contribution is 7.85. The Morgan fingerprint density at radius 1 is 1.16 bits per heavy atom. The van der Waals surface area contributed by atoms with Gasteiger partial charge in [0.2, 0.25) is 5.91 Å². The average molecular weight is 277 g/mol. The van der Waals surface area contributed by atoms with Crippen molar-refractivity contribution < 1.29 is 14.1 Å². The first-order valence-electron chi connectivity index (χ1n) is 5.95. The van der Waals surface area contributed by atoms with Crippen molar-refractivity contribution in [3.05, 3.63) is 42.5 Å². The van der Waals surface area contributed by atoms with Gasteiger partial charge in [-0.05, 0) is 22.9 Å². The van der Waals surface area contributed by atoms with Gasteiger partial charge in [0.05, 0.1) is 17.4 Å². The number of fused-ring (bicyclic) bond motifs is 1. The number of hydrogen-bond acceptors (Lipinski definition) is 3. The molecule has 0 aromatic heterocycles. The van der Waals surface area contributed by atoms with Crippen LogP contribution in [-0.4, -0.2) is 34.1 Å². The molecule has 0 fully saturated rings. The monoisotopic (exact) mass is 277 g/mol. The van der Waals surface area contributed by atoms with Crippen LogP contribution in [0.3, 0.4) is 0 Å². The van der Waals surface area contributed by atoms with E-state index >= 15 is 0 Å². The number of rotatable bonds is 5. The molecular formula is C14H15NO3S. The van der Waals surface area contributed by atoms with E-state index in [1.54, 1.807) is 6.07 Å². The Labute approximate surface area is 113 Å². The second-order valence-electron chi connectivity index (χ2n) is 4.07. The van der Waals surface area contributed by atoms with E-state index in [4.69, 9.17) is 5.11 Å². The molecule has 4 nitrogen and oxygen atoms in total. The largest absolute Gasteiger partial charge is 0.395 e. The Morgan fingerprint density at radius 2 is 1.89 bits per heavy atom. The van der Waals surface area contributed by atoms with Crippen molar-refractivity contribution in [2.24, 2.45) is 0 Å². The molecule has 0 radical (unpaired) electrons. The molecule has 0 aliphatic carbocycles. The zero-order valence-corrected chi connectivity index (χ0v) is 11.2. The molecule has 2 aromatic rings. The lowest BCUT2D eigenvalue weighted by atomic mass is 10.1. The van der Waals surface area contributed by atoms with Crippen LogP contribution in [-0.2, 0) is 15.6 Å². The van der Waals surface area contributed by atoms with Gasteiger partial charge >= 0.3 is 0 Å². The fraction of sp³-hybridized carbons (Fsp3) is 0.214. The molecule has 0 spiro atoms. The molecule has 1 atom stereocenters. The van der Waals surface area contributed by atoms with Crippen LogP contribution < -0.4 is 5.32 Å². The van der Waals surface area contributed by atoms with Crippen molar-refractivity contribution in [1.82, 2.24) is 5.32 Å². The van der Waals surface area contributed by atoms with Crippen LogP contribution in [0.15, 0.2) is 47.4 Å². The molecule has 0 aliphatic heterocycles. The number of aliphatic hydroxyl groups is 1. The number of amides is 1. The van der Waals surface area contributed by atoms with Gasteiger partial charge in [-0.2, -0.15) is 0 Å². The minimum absolute atomic E-state index is 0.0850. The quantitative estimate of drug-likeness (QED) is 0.858. The van der Waals surface area contributed by atoms with Crippen LogP contribution >= 0.6 is 0 Å². The van der Waals surface area contributed by atoms with Crippen molar-refractivity contribution >= 4 is 27.5 Å². The second kappa shape index (κ2) is 6.45. The third-order valence-electron chi connectivity index (χ3n) is 2.68. The summed E-state index contributed by atoms with van der Waals surface area (Å²) in [7, 11) is -1.37. The lowest BCUT2D eigenvalue weighted by molar-refractivity contribution is -0.118. The molecular weight excluding hydrogens is 262 g/mol. The van der Waals surface area contributed by atoms with E-state index in [1.807, 2.05) is 36.4 Å². The Balaban J connectivity index is 2.11. The minimum Gasteiger partial charge on any atom is -0.395 e. The summed E-state index contributed by atoms with van der Waals surface area (Å²) < 4.78 is 12.0. The van der Waals surface area contributed by atoms with Crippen LogP contribution in [0.5, 0.6) is 0 Å². The molecule has 5 heteroatoms. The SMILES string of the molecule is O=C(C[S@](=O)c1ccc2ccccc2c1)NCCO. The van der Waals surface area contributed by atoms with E-state index in [0.29, 0.717) is 4.90 Å². The van der Waals surface area contributed by atoms with Crippen LogP contribution in [0.2, 0.25) is 0 Å². The van der Waals surface area contributed by atoms with E-state index in [2.05, 4.69) is 5.32 Å². The summed E-state index contributed by atoms with van der Waals surface area (Å²) in [6, 6.07) is 13.3. The molecule has 2 N–H and O–H groups in total. The normalized spacial score (nSPS) is 12.3. The third kappa shape index (κ3) is 3.62. The van der Waals surface area contributed by atoms with E-state index in [-0.39, 0.29) is 24.8 Å². The maximum atomic E-state index is 12.0. The van der Waals surface area contributed by atoms with Gasteiger partial charge in [0.15, 0.2) is 0 Å². The van der Waals surface area contributed by atoms with E-state index in [1.165, 1.54) is 0 Å². The summed E-state index contributed by atoms with van der Waals surface area (Å²) in [5.41, 5.74) is 0. The molecule has 2 aromatic carbocycles. The van der Waals surface area contributed by atoms with Gasteiger partial charge in [0.25, 0.3) is 0 Å². The maximum Gasteiger partial charge on any atom is 0.233 e. The zero-order chi connectivity index (χ0) is 13.7. The maximum absolute atomic E-state index is 12.0. The highest BCUT2D eigenvalue weighted by Crippen LogP contribution is 2.17. The summed E-state index contributed by atoms with van der Waals surface area (Å²) in [5.74, 6) is -0.404. The van der Waals surface area contributed by atoms with Gasteiger partial charge in [-0.3, -0.25) is 9.00 Å². The van der Waals surface area contributed by atoms with Crippen LogP contribution in [0.1, 0.15) is 0 Å². The van der Waals surface area contributed by atoms with Gasteiger partial charge in [0, 0.05) is 11.4 Å². The van der Waals surface area contributed by atoms with Crippen molar-refractivity contribution in [2.45, 2.75) is 4.90 Å². The highest BCUT2D eigenvalue weighted by Gasteiger charge is 2.10. The molecule has 1 amide bonds. The van der Waals surface area contributed by atoms with Gasteiger partial charge in [-0.25, -0.2) is 0 Å². The van der Waals surface area contributed by atoms with Crippen molar-refractivity contribution in [2.75, 3.05) is 18.9 Å². The average Bonchev–Trinajstić information content (AvgIpc) is 2.44. The first kappa shape index (κ1) is 13.7. The van der Waals surface area contributed by atoms with E-state index in [0.717, 1.165) is 10.8 Å². The number of benzene rings is 2. The first-order chi connectivity index (χ1) is 9.20. The molecule has 0 saturated carbocycles. The second-order valence-corrected chi connectivity index (χ2v) is 5.52. The molecule has 0 saturated heterocycles. The standard InChI is InChI=1S/C14H15NO3S/c16-8-7-15-14(17)10-19(18)13-6-5-11-3-1-2-4-12(11)9-13/h1-6,9,16H,7-8,10H2,(H,15,17)/t19-/m0/s1. The molecule has 0 heterocycles. The molecule has 100 valence electrons. The predicted octanol–water partition coefficient (Wildman–Crippen LogP) is 1.06. The fourth-order valence-corrected chi connectivity index (χ4v) is 2.74. The van der Waals surface area contributed by atoms with Crippen LogP contribution in [0, 0.1) is 0 Å². The van der Waals surface area contributed by atoms with E-state index < -0.39 is 10.8 Å². The summed E-state index contributed by atoms with van der Waals surface area (Å²) in [5, 5.41) is 13.2. The number of nitrogens with one attached hydrogen (secondary N) is 1.